The molecule has 2 aliphatic rings. The van der Waals surface area contributed by atoms with Crippen LogP contribution in [0.3, 0.4) is 0 Å². The van der Waals surface area contributed by atoms with Crippen molar-refractivity contribution in [1.29, 1.82) is 0 Å². The molecule has 0 aromatic carbocycles. The third-order valence-corrected chi connectivity index (χ3v) is 1.82. The largest absolute Gasteiger partial charge is 0.298 e. The number of H-pyrrole nitrogens is 1. The van der Waals surface area contributed by atoms with Crippen LogP contribution in [0.2, 0.25) is 0 Å². The Hall–Kier alpha value is -1.91. The van der Waals surface area contributed by atoms with Gasteiger partial charge in [0.25, 0.3) is 0 Å². The van der Waals surface area contributed by atoms with Crippen LogP contribution < -0.4 is 0 Å². The second-order valence-electron chi connectivity index (χ2n) is 2.54. The van der Waals surface area contributed by atoms with Crippen LogP contribution in [0.1, 0.15) is 0 Å². The number of aromatic nitrogens is 5. The van der Waals surface area contributed by atoms with E-state index in [1.54, 1.807) is 16.9 Å². The highest BCUT2D eigenvalue weighted by atomic mass is 15.3. The lowest BCUT2D eigenvalue weighted by molar-refractivity contribution is 0.906. The van der Waals surface area contributed by atoms with Crippen molar-refractivity contribution in [3.8, 4) is 11.4 Å². The summed E-state index contributed by atoms with van der Waals surface area (Å²) < 4.78 is 1.79. The van der Waals surface area contributed by atoms with Gasteiger partial charge < -0.3 is 0 Å². The molecule has 0 unspecified atom stereocenters. The topological polar surface area (TPSA) is 58.9 Å². The van der Waals surface area contributed by atoms with Crippen molar-refractivity contribution in [2.24, 2.45) is 0 Å². The van der Waals surface area contributed by atoms with Crippen molar-refractivity contribution in [3.63, 3.8) is 0 Å². The molecule has 0 amide bonds. The van der Waals surface area contributed by atoms with Crippen LogP contribution in [0.25, 0.3) is 17.0 Å². The third kappa shape index (κ3) is 0.554. The summed E-state index contributed by atoms with van der Waals surface area (Å²) in [7, 11) is 0. The van der Waals surface area contributed by atoms with E-state index in [1.807, 2.05) is 12.3 Å². The van der Waals surface area contributed by atoms with E-state index in [-0.39, 0.29) is 0 Å². The zero-order chi connectivity index (χ0) is 7.97. The molecule has 0 aliphatic carbocycles. The summed E-state index contributed by atoms with van der Waals surface area (Å²) in [5, 5.41) is 10.8. The molecule has 0 bridgehead atoms. The van der Waals surface area contributed by atoms with Gasteiger partial charge in [0, 0.05) is 18.5 Å². The molecule has 3 heterocycles. The van der Waals surface area contributed by atoms with Gasteiger partial charge >= 0.3 is 0 Å². The fourth-order valence-corrected chi connectivity index (χ4v) is 1.26. The fraction of sp³-hybridized carbons (Fsp3) is 0. The lowest BCUT2D eigenvalue weighted by Gasteiger charge is -1.97. The Labute approximate surface area is 67.4 Å². The zero-order valence-corrected chi connectivity index (χ0v) is 6.10. The summed E-state index contributed by atoms with van der Waals surface area (Å²) in [5.74, 6) is 0.810. The first-order valence-electron chi connectivity index (χ1n) is 3.57. The summed E-state index contributed by atoms with van der Waals surface area (Å²) in [4.78, 5) is 4.19. The average molecular weight is 159 g/mol. The molecule has 0 spiro atoms. The molecule has 5 heteroatoms. The molecule has 0 fully saturated rings. The lowest BCUT2D eigenvalue weighted by Crippen LogP contribution is -1.95. The van der Waals surface area contributed by atoms with Gasteiger partial charge in [-0.2, -0.15) is 5.10 Å². The van der Waals surface area contributed by atoms with Gasteiger partial charge in [0.2, 0.25) is 0 Å². The van der Waals surface area contributed by atoms with Crippen molar-refractivity contribution in [2.75, 3.05) is 0 Å². The first kappa shape index (κ1) is 5.70. The first-order valence-corrected chi connectivity index (χ1v) is 3.57. The highest BCUT2D eigenvalue weighted by molar-refractivity contribution is 5.58. The standard InChI is InChI=1S/C7H5N5/c1-2-10-12-6(1)8-3-5-4-9-11-7(5)12/h1-4,10H. The van der Waals surface area contributed by atoms with E-state index in [2.05, 4.69) is 20.3 Å². The normalized spacial score (nSPS) is 11.3. The average Bonchev–Trinajstić information content (AvgIpc) is 2.71. The van der Waals surface area contributed by atoms with E-state index in [4.69, 9.17) is 0 Å². The first-order chi connectivity index (χ1) is 5.95. The Morgan fingerprint density at radius 1 is 1.33 bits per heavy atom. The molecule has 1 N–H and O–H groups in total. The van der Waals surface area contributed by atoms with E-state index < -0.39 is 0 Å². The number of hydrogen-bond acceptors (Lipinski definition) is 3. The molecule has 0 saturated heterocycles. The maximum atomic E-state index is 4.19. The van der Waals surface area contributed by atoms with Crippen molar-refractivity contribution in [2.45, 2.75) is 0 Å². The molecule has 3 rings (SSSR count). The minimum Gasteiger partial charge on any atom is -0.298 e. The maximum Gasteiger partial charge on any atom is 0.186 e. The van der Waals surface area contributed by atoms with Gasteiger partial charge in [-0.15, -0.1) is 5.10 Å². The zero-order valence-electron chi connectivity index (χ0n) is 6.10. The lowest BCUT2D eigenvalue weighted by atomic mass is 10.3. The van der Waals surface area contributed by atoms with Crippen molar-refractivity contribution >= 4 is 5.65 Å². The molecule has 0 saturated carbocycles. The molecule has 0 radical (unpaired) electrons. The molecule has 2 aliphatic heterocycles. The number of fused-ring (bicyclic) bond motifs is 3. The van der Waals surface area contributed by atoms with E-state index in [0.29, 0.717) is 0 Å². The predicted molar refractivity (Wildman–Crippen MR) is 41.8 cm³/mol. The molecular weight excluding hydrogens is 154 g/mol. The van der Waals surface area contributed by atoms with Crippen LogP contribution >= 0.6 is 0 Å². The molecule has 58 valence electrons. The summed E-state index contributed by atoms with van der Waals surface area (Å²) >= 11 is 0. The fourth-order valence-electron chi connectivity index (χ4n) is 1.26. The summed E-state index contributed by atoms with van der Waals surface area (Å²) in [6.45, 7) is 0. The number of aromatic amines is 1. The second kappa shape index (κ2) is 1.82. The monoisotopic (exact) mass is 159 g/mol. The number of hydrogen-bond donors (Lipinski definition) is 1. The van der Waals surface area contributed by atoms with Gasteiger partial charge in [0.1, 0.15) is 0 Å². The predicted octanol–water partition coefficient (Wildman–Crippen LogP) is 0.557. The summed E-state index contributed by atoms with van der Waals surface area (Å²) in [6, 6.07) is 1.88. The van der Waals surface area contributed by atoms with Crippen molar-refractivity contribution in [1.82, 2.24) is 24.8 Å². The van der Waals surface area contributed by atoms with E-state index in [9.17, 15) is 0 Å². The number of nitrogens with zero attached hydrogens (tertiary/aromatic N) is 4. The van der Waals surface area contributed by atoms with Gasteiger partial charge in [-0.05, 0) is 0 Å². The van der Waals surface area contributed by atoms with Gasteiger partial charge in [0.15, 0.2) is 11.5 Å². The Kier molecular flexibility index (Phi) is 0.864. The van der Waals surface area contributed by atoms with E-state index in [0.717, 1.165) is 17.0 Å². The third-order valence-electron chi connectivity index (χ3n) is 1.82. The van der Waals surface area contributed by atoms with Crippen LogP contribution in [0.15, 0.2) is 24.7 Å². The highest BCUT2D eigenvalue weighted by Gasteiger charge is 2.09. The van der Waals surface area contributed by atoms with Crippen LogP contribution in [0, 0.1) is 0 Å². The molecule has 1 aromatic heterocycles. The highest BCUT2D eigenvalue weighted by Crippen LogP contribution is 2.16. The van der Waals surface area contributed by atoms with Crippen LogP contribution in [0.4, 0.5) is 0 Å². The van der Waals surface area contributed by atoms with Gasteiger partial charge in [-0.3, -0.25) is 5.10 Å². The van der Waals surface area contributed by atoms with Gasteiger partial charge in [-0.25, -0.2) is 9.50 Å². The van der Waals surface area contributed by atoms with Crippen LogP contribution in [-0.2, 0) is 0 Å². The Morgan fingerprint density at radius 2 is 2.33 bits per heavy atom. The van der Waals surface area contributed by atoms with Crippen molar-refractivity contribution in [3.05, 3.63) is 24.7 Å². The number of rotatable bonds is 0. The van der Waals surface area contributed by atoms with E-state index >= 15 is 0 Å². The Bertz CT molecular complexity index is 493. The summed E-state index contributed by atoms with van der Waals surface area (Å²) in [5.41, 5.74) is 1.79. The van der Waals surface area contributed by atoms with Gasteiger partial charge in [0.05, 0.1) is 11.8 Å². The van der Waals surface area contributed by atoms with Gasteiger partial charge in [-0.1, -0.05) is 0 Å². The Balaban J connectivity index is 2.61. The van der Waals surface area contributed by atoms with E-state index in [1.165, 1.54) is 0 Å². The molecule has 1 aromatic rings. The molecular formula is C7H5N5. The smallest absolute Gasteiger partial charge is 0.186 e. The molecule has 5 nitrogen and oxygen atoms in total. The molecule has 12 heavy (non-hydrogen) atoms. The molecule has 0 atom stereocenters. The minimum atomic E-state index is 0.810. The van der Waals surface area contributed by atoms with Crippen LogP contribution in [0.5, 0.6) is 0 Å². The second-order valence-corrected chi connectivity index (χ2v) is 2.54. The quantitative estimate of drug-likeness (QED) is 0.521. The Morgan fingerprint density at radius 3 is 3.33 bits per heavy atom. The van der Waals surface area contributed by atoms with Crippen molar-refractivity contribution < 1.29 is 0 Å². The SMILES string of the molecule is c1cc2ncc3cnnc-3n2[nH]1. The van der Waals surface area contributed by atoms with Crippen LogP contribution in [-0.4, -0.2) is 24.8 Å². The summed E-state index contributed by atoms with van der Waals surface area (Å²) in [6.07, 6.45) is 5.27. The number of nitrogens with one attached hydrogen (secondary N) is 1. The maximum absolute atomic E-state index is 4.19. The minimum absolute atomic E-state index is 0.810.